The Balaban J connectivity index is 1.92. The van der Waals surface area contributed by atoms with E-state index in [1.165, 1.54) is 16.5 Å². The summed E-state index contributed by atoms with van der Waals surface area (Å²) >= 11 is 3.53. The third-order valence-corrected chi connectivity index (χ3v) is 4.90. The van der Waals surface area contributed by atoms with Crippen LogP contribution in [0, 0.1) is 0 Å². The fourth-order valence-electron chi connectivity index (χ4n) is 2.91. The lowest BCUT2D eigenvalue weighted by atomic mass is 9.95. The van der Waals surface area contributed by atoms with E-state index >= 15 is 0 Å². The molecular formula is C17H21BrN2. The fraction of sp³-hybridized carbons (Fsp3) is 0.412. The summed E-state index contributed by atoms with van der Waals surface area (Å²) in [6, 6.07) is 13.2. The monoisotopic (exact) mass is 332 g/mol. The third kappa shape index (κ3) is 2.70. The van der Waals surface area contributed by atoms with Crippen molar-refractivity contribution in [1.82, 2.24) is 5.32 Å². The van der Waals surface area contributed by atoms with E-state index in [1.54, 1.807) is 0 Å². The number of halogens is 1. The molecule has 1 N–H and O–H groups in total. The molecule has 0 radical (unpaired) electrons. The second kappa shape index (κ2) is 5.38. The first-order valence-electron chi connectivity index (χ1n) is 7.29. The minimum Gasteiger partial charge on any atom is -0.368 e. The van der Waals surface area contributed by atoms with Gasteiger partial charge in [0.15, 0.2) is 0 Å². The van der Waals surface area contributed by atoms with Crippen LogP contribution in [0.1, 0.15) is 20.3 Å². The van der Waals surface area contributed by atoms with E-state index in [1.807, 2.05) is 0 Å². The lowest BCUT2D eigenvalue weighted by molar-refractivity contribution is 0.314. The van der Waals surface area contributed by atoms with Crippen molar-refractivity contribution in [1.29, 1.82) is 0 Å². The second-order valence-corrected chi connectivity index (χ2v) is 6.85. The summed E-state index contributed by atoms with van der Waals surface area (Å²) in [5.74, 6) is 0. The summed E-state index contributed by atoms with van der Waals surface area (Å²) in [6.07, 6.45) is 1.16. The Labute approximate surface area is 129 Å². The molecule has 1 unspecified atom stereocenters. The van der Waals surface area contributed by atoms with Crippen LogP contribution in [0.15, 0.2) is 40.9 Å². The maximum Gasteiger partial charge on any atom is 0.0373 e. The van der Waals surface area contributed by atoms with Gasteiger partial charge in [0.2, 0.25) is 0 Å². The van der Waals surface area contributed by atoms with E-state index in [9.17, 15) is 0 Å². The van der Waals surface area contributed by atoms with Crippen molar-refractivity contribution in [2.24, 2.45) is 0 Å². The van der Waals surface area contributed by atoms with Crippen LogP contribution in [0.4, 0.5) is 5.69 Å². The molecule has 0 amide bonds. The minimum absolute atomic E-state index is 0.229. The summed E-state index contributed by atoms with van der Waals surface area (Å²) in [5, 5.41) is 6.24. The Morgan fingerprint density at radius 2 is 1.95 bits per heavy atom. The van der Waals surface area contributed by atoms with Crippen LogP contribution in [-0.2, 0) is 0 Å². The topological polar surface area (TPSA) is 15.3 Å². The van der Waals surface area contributed by atoms with Gasteiger partial charge in [-0.25, -0.2) is 0 Å². The number of benzene rings is 2. The largest absolute Gasteiger partial charge is 0.368 e. The highest BCUT2D eigenvalue weighted by Crippen LogP contribution is 2.27. The standard InChI is InChI=1S/C17H21BrN2/c1-3-17(2)12-20(9-8-19-17)16-7-5-13-10-15(18)6-4-14(13)11-16/h4-7,10-11,19H,3,8-9,12H2,1-2H3. The zero-order chi connectivity index (χ0) is 14.2. The van der Waals surface area contributed by atoms with Gasteiger partial charge in [0.25, 0.3) is 0 Å². The molecule has 1 saturated heterocycles. The van der Waals surface area contributed by atoms with E-state index in [2.05, 4.69) is 76.4 Å². The van der Waals surface area contributed by atoms with Crippen molar-refractivity contribution in [2.75, 3.05) is 24.5 Å². The highest BCUT2D eigenvalue weighted by atomic mass is 79.9. The number of fused-ring (bicyclic) bond motifs is 1. The highest BCUT2D eigenvalue weighted by molar-refractivity contribution is 9.10. The highest BCUT2D eigenvalue weighted by Gasteiger charge is 2.28. The molecule has 0 bridgehead atoms. The Bertz CT molecular complexity index is 625. The Morgan fingerprint density at radius 3 is 2.75 bits per heavy atom. The predicted molar refractivity (Wildman–Crippen MR) is 90.6 cm³/mol. The van der Waals surface area contributed by atoms with Crippen molar-refractivity contribution in [3.8, 4) is 0 Å². The molecule has 1 heterocycles. The van der Waals surface area contributed by atoms with Crippen molar-refractivity contribution in [3.05, 3.63) is 40.9 Å². The number of piperazine rings is 1. The predicted octanol–water partition coefficient (Wildman–Crippen LogP) is 4.18. The van der Waals surface area contributed by atoms with Gasteiger partial charge in [0, 0.05) is 35.3 Å². The molecule has 1 atom stereocenters. The number of hydrogen-bond donors (Lipinski definition) is 1. The van der Waals surface area contributed by atoms with Gasteiger partial charge in [-0.05, 0) is 48.4 Å². The van der Waals surface area contributed by atoms with Crippen LogP contribution in [0.3, 0.4) is 0 Å². The summed E-state index contributed by atoms with van der Waals surface area (Å²) < 4.78 is 1.14. The molecule has 1 aliphatic rings. The molecule has 2 nitrogen and oxygen atoms in total. The van der Waals surface area contributed by atoms with Gasteiger partial charge < -0.3 is 10.2 Å². The number of nitrogens with one attached hydrogen (secondary N) is 1. The van der Waals surface area contributed by atoms with Crippen molar-refractivity contribution in [2.45, 2.75) is 25.8 Å². The Hall–Kier alpha value is -1.06. The first-order valence-corrected chi connectivity index (χ1v) is 8.08. The van der Waals surface area contributed by atoms with E-state index in [0.29, 0.717) is 0 Å². The van der Waals surface area contributed by atoms with Crippen LogP contribution >= 0.6 is 15.9 Å². The van der Waals surface area contributed by atoms with Gasteiger partial charge in [-0.15, -0.1) is 0 Å². The van der Waals surface area contributed by atoms with Crippen LogP contribution in [-0.4, -0.2) is 25.2 Å². The summed E-state index contributed by atoms with van der Waals surface area (Å²) in [6.45, 7) is 7.79. The van der Waals surface area contributed by atoms with E-state index in [-0.39, 0.29) is 5.54 Å². The SMILES string of the molecule is CCC1(C)CN(c2ccc3cc(Br)ccc3c2)CCN1. The van der Waals surface area contributed by atoms with Crippen molar-refractivity contribution in [3.63, 3.8) is 0 Å². The van der Waals surface area contributed by atoms with Gasteiger partial charge >= 0.3 is 0 Å². The average Bonchev–Trinajstić information content (AvgIpc) is 2.47. The van der Waals surface area contributed by atoms with E-state index in [0.717, 1.165) is 30.5 Å². The molecule has 1 fully saturated rings. The number of rotatable bonds is 2. The quantitative estimate of drug-likeness (QED) is 0.887. The summed E-state index contributed by atoms with van der Waals surface area (Å²) in [4.78, 5) is 2.50. The van der Waals surface area contributed by atoms with Crippen LogP contribution in [0.25, 0.3) is 10.8 Å². The van der Waals surface area contributed by atoms with Gasteiger partial charge in [0.1, 0.15) is 0 Å². The lowest BCUT2D eigenvalue weighted by Gasteiger charge is -2.42. The van der Waals surface area contributed by atoms with Crippen molar-refractivity contribution >= 4 is 32.4 Å². The normalized spacial score (nSPS) is 23.2. The molecule has 106 valence electrons. The molecule has 3 heteroatoms. The molecule has 1 aliphatic heterocycles. The molecule has 0 aromatic heterocycles. The third-order valence-electron chi connectivity index (χ3n) is 4.40. The number of anilines is 1. The molecule has 0 aliphatic carbocycles. The van der Waals surface area contributed by atoms with Crippen LogP contribution < -0.4 is 10.2 Å². The molecule has 2 aromatic rings. The van der Waals surface area contributed by atoms with Crippen LogP contribution in [0.2, 0.25) is 0 Å². The minimum atomic E-state index is 0.229. The van der Waals surface area contributed by atoms with Gasteiger partial charge in [-0.2, -0.15) is 0 Å². The number of nitrogens with zero attached hydrogens (tertiary/aromatic N) is 1. The lowest BCUT2D eigenvalue weighted by Crippen LogP contribution is -2.58. The van der Waals surface area contributed by atoms with E-state index < -0.39 is 0 Å². The maximum atomic E-state index is 3.64. The molecule has 2 aromatic carbocycles. The van der Waals surface area contributed by atoms with Crippen LogP contribution in [0.5, 0.6) is 0 Å². The second-order valence-electron chi connectivity index (χ2n) is 5.94. The van der Waals surface area contributed by atoms with E-state index in [4.69, 9.17) is 0 Å². The Kier molecular flexibility index (Phi) is 3.74. The molecule has 0 saturated carbocycles. The fourth-order valence-corrected chi connectivity index (χ4v) is 3.29. The number of hydrogen-bond acceptors (Lipinski definition) is 2. The molecule has 0 spiro atoms. The first kappa shape index (κ1) is 13.9. The van der Waals surface area contributed by atoms with Gasteiger partial charge in [-0.1, -0.05) is 35.0 Å². The molecule has 3 rings (SSSR count). The average molecular weight is 333 g/mol. The molecule has 20 heavy (non-hydrogen) atoms. The maximum absolute atomic E-state index is 3.64. The Morgan fingerprint density at radius 1 is 1.20 bits per heavy atom. The zero-order valence-corrected chi connectivity index (χ0v) is 13.7. The summed E-state index contributed by atoms with van der Waals surface area (Å²) in [7, 11) is 0. The van der Waals surface area contributed by atoms with Gasteiger partial charge in [-0.3, -0.25) is 0 Å². The first-order chi connectivity index (χ1) is 9.59. The zero-order valence-electron chi connectivity index (χ0n) is 12.1. The summed E-state index contributed by atoms with van der Waals surface area (Å²) in [5.41, 5.74) is 1.56. The van der Waals surface area contributed by atoms with Gasteiger partial charge in [0.05, 0.1) is 0 Å². The smallest absolute Gasteiger partial charge is 0.0373 e. The molecular weight excluding hydrogens is 312 g/mol. The van der Waals surface area contributed by atoms with Crippen molar-refractivity contribution < 1.29 is 0 Å².